The van der Waals surface area contributed by atoms with E-state index in [1.807, 2.05) is 0 Å². The molecule has 0 saturated heterocycles. The number of unbranched alkanes of at least 4 members (excludes halogenated alkanes) is 6. The zero-order valence-corrected chi connectivity index (χ0v) is 27.6. The minimum absolute atomic E-state index is 1.17. The predicted molar refractivity (Wildman–Crippen MR) is 154 cm³/mol. The van der Waals surface area contributed by atoms with E-state index in [1.54, 1.807) is 18.1 Å². The number of rotatable bonds is 18. The van der Waals surface area contributed by atoms with Crippen molar-refractivity contribution >= 4 is 72.0 Å². The monoisotopic (exact) mass is 634 g/mol. The molecule has 0 aliphatic heterocycles. The van der Waals surface area contributed by atoms with Gasteiger partial charge >= 0.3 is 0 Å². The van der Waals surface area contributed by atoms with E-state index in [2.05, 4.69) is 87.1 Å². The molecule has 0 spiro atoms. The number of hydrogen-bond donors (Lipinski definition) is 0. The minimum Gasteiger partial charge on any atom is -0.0928 e. The Morgan fingerprint density at radius 3 is 0.893 bits per heavy atom. The Hall–Kier alpha value is 2.09. The molecular formula is C22H49Br3Si3. The highest BCUT2D eigenvalue weighted by atomic mass is 79.9. The smallest absolute Gasteiger partial charge is 0.0452 e. The zero-order chi connectivity index (χ0) is 21.7. The SMILES string of the molecule is C[Si](C)(CCCCCBr)C([Si](C)(C)CCCCCBr)[Si](C)(C)CCCCCBr. The second-order valence-electron chi connectivity index (χ2n) is 10.9. The van der Waals surface area contributed by atoms with Crippen molar-refractivity contribution in [3.05, 3.63) is 0 Å². The van der Waals surface area contributed by atoms with Crippen molar-refractivity contribution in [2.24, 2.45) is 0 Å². The number of halogens is 3. The largest absolute Gasteiger partial charge is 0.0928 e. The van der Waals surface area contributed by atoms with Crippen LogP contribution < -0.4 is 0 Å². The average Bonchev–Trinajstić information content (AvgIpc) is 2.58. The van der Waals surface area contributed by atoms with Crippen molar-refractivity contribution in [2.75, 3.05) is 16.0 Å². The Morgan fingerprint density at radius 1 is 0.429 bits per heavy atom. The molecule has 0 amide bonds. The second kappa shape index (κ2) is 15.8. The van der Waals surface area contributed by atoms with Crippen LogP contribution in [0, 0.1) is 0 Å². The Kier molecular flexibility index (Phi) is 17.0. The van der Waals surface area contributed by atoms with Crippen molar-refractivity contribution < 1.29 is 0 Å². The first-order chi connectivity index (χ1) is 13.0. The molecule has 0 aliphatic carbocycles. The van der Waals surface area contributed by atoms with Crippen LogP contribution >= 0.6 is 47.8 Å². The van der Waals surface area contributed by atoms with Gasteiger partial charge in [-0.3, -0.25) is 0 Å². The summed E-state index contributed by atoms with van der Waals surface area (Å²) in [5.74, 6) is 0. The minimum atomic E-state index is -1.20. The van der Waals surface area contributed by atoms with Gasteiger partial charge in [0.1, 0.15) is 0 Å². The summed E-state index contributed by atoms with van der Waals surface area (Å²) in [5, 5.41) is 3.54. The van der Waals surface area contributed by atoms with E-state index in [0.717, 1.165) is 0 Å². The lowest BCUT2D eigenvalue weighted by Crippen LogP contribution is -2.59. The van der Waals surface area contributed by atoms with Crippen LogP contribution in [0.2, 0.25) is 62.2 Å². The van der Waals surface area contributed by atoms with Gasteiger partial charge in [-0.15, -0.1) is 0 Å². The molecule has 0 aliphatic rings. The van der Waals surface area contributed by atoms with Crippen molar-refractivity contribution in [3.8, 4) is 0 Å². The summed E-state index contributed by atoms with van der Waals surface area (Å²) in [6.45, 7) is 16.7. The maximum Gasteiger partial charge on any atom is 0.0452 e. The summed E-state index contributed by atoms with van der Waals surface area (Å²) < 4.78 is 0. The lowest BCUT2D eigenvalue weighted by atomic mass is 10.3. The molecule has 0 atom stereocenters. The Bertz CT molecular complexity index is 330. The first-order valence-corrected chi connectivity index (χ1v) is 24.9. The molecule has 170 valence electrons. The third-order valence-corrected chi connectivity index (χ3v) is 32.1. The van der Waals surface area contributed by atoms with Crippen molar-refractivity contribution in [1.29, 1.82) is 0 Å². The lowest BCUT2D eigenvalue weighted by molar-refractivity contribution is 0.759. The third kappa shape index (κ3) is 12.2. The van der Waals surface area contributed by atoms with Gasteiger partial charge in [-0.2, -0.15) is 0 Å². The molecular weight excluding hydrogens is 588 g/mol. The number of hydrogen-bond acceptors (Lipinski definition) is 0. The molecule has 0 unspecified atom stereocenters. The summed E-state index contributed by atoms with van der Waals surface area (Å²) in [7, 11) is -3.60. The predicted octanol–water partition coefficient (Wildman–Crippen LogP) is 10.3. The molecule has 0 heterocycles. The highest BCUT2D eigenvalue weighted by molar-refractivity contribution is 9.09. The summed E-state index contributed by atoms with van der Waals surface area (Å²) in [5.41, 5.74) is 0. The molecule has 0 saturated carbocycles. The van der Waals surface area contributed by atoms with Crippen LogP contribution in [0.3, 0.4) is 0 Å². The molecule has 0 aromatic carbocycles. The maximum atomic E-state index is 3.62. The van der Waals surface area contributed by atoms with E-state index in [4.69, 9.17) is 0 Å². The molecule has 0 rings (SSSR count). The van der Waals surface area contributed by atoms with Crippen LogP contribution in [0.1, 0.15) is 57.8 Å². The van der Waals surface area contributed by atoms with Gasteiger partial charge in [0.05, 0.1) is 0 Å². The van der Waals surface area contributed by atoms with Gasteiger partial charge in [-0.05, 0) is 19.3 Å². The Labute approximate surface area is 206 Å². The highest BCUT2D eigenvalue weighted by Crippen LogP contribution is 2.47. The van der Waals surface area contributed by atoms with Crippen LogP contribution in [0.25, 0.3) is 0 Å². The molecule has 0 radical (unpaired) electrons. The fraction of sp³-hybridized carbons (Fsp3) is 1.00. The quantitative estimate of drug-likeness (QED) is 0.0797. The Balaban J connectivity index is 5.31. The molecule has 0 bridgehead atoms. The zero-order valence-electron chi connectivity index (χ0n) is 19.8. The highest BCUT2D eigenvalue weighted by Gasteiger charge is 2.50. The standard InChI is InChI=1S/C22H49Br3Si3/c1-26(2,19-13-7-10-16-23)22(27(3,4)20-14-8-11-17-24)28(5,6)21-15-9-12-18-25/h22H,7-21H2,1-6H3. The summed E-state index contributed by atoms with van der Waals surface area (Å²) in [4.78, 5) is 1.17. The van der Waals surface area contributed by atoms with Crippen molar-refractivity contribution in [3.63, 3.8) is 0 Å². The molecule has 28 heavy (non-hydrogen) atoms. The van der Waals surface area contributed by atoms with Gasteiger partial charge < -0.3 is 0 Å². The van der Waals surface area contributed by atoms with Crippen LogP contribution in [0.4, 0.5) is 0 Å². The number of alkyl halides is 3. The van der Waals surface area contributed by atoms with E-state index >= 15 is 0 Å². The van der Waals surface area contributed by atoms with E-state index in [-0.39, 0.29) is 0 Å². The van der Waals surface area contributed by atoms with Crippen molar-refractivity contribution in [2.45, 2.75) is 120 Å². The van der Waals surface area contributed by atoms with E-state index in [1.165, 1.54) is 78.6 Å². The van der Waals surface area contributed by atoms with Crippen molar-refractivity contribution in [1.82, 2.24) is 0 Å². The summed E-state index contributed by atoms with van der Waals surface area (Å²) >= 11 is 10.9. The molecule has 0 N–H and O–H groups in total. The fourth-order valence-electron chi connectivity index (χ4n) is 6.16. The van der Waals surface area contributed by atoms with Crippen LogP contribution in [0.15, 0.2) is 0 Å². The van der Waals surface area contributed by atoms with Gasteiger partial charge in [0, 0.05) is 40.2 Å². The second-order valence-corrected chi connectivity index (χ2v) is 30.2. The van der Waals surface area contributed by atoms with Gasteiger partial charge in [0.15, 0.2) is 0 Å². The molecule has 6 heteroatoms. The van der Waals surface area contributed by atoms with Gasteiger partial charge in [0.25, 0.3) is 0 Å². The van der Waals surface area contributed by atoms with E-state index in [9.17, 15) is 0 Å². The average molecular weight is 638 g/mol. The van der Waals surface area contributed by atoms with Crippen LogP contribution in [-0.4, -0.2) is 40.2 Å². The topological polar surface area (TPSA) is 0 Å². The van der Waals surface area contributed by atoms with E-state index in [0.29, 0.717) is 0 Å². The molecule has 0 fully saturated rings. The van der Waals surface area contributed by atoms with Crippen LogP contribution in [-0.2, 0) is 0 Å². The first kappa shape index (κ1) is 30.1. The van der Waals surface area contributed by atoms with E-state index < -0.39 is 24.2 Å². The van der Waals surface area contributed by atoms with Gasteiger partial charge in [0.2, 0.25) is 0 Å². The van der Waals surface area contributed by atoms with Crippen LogP contribution in [0.5, 0.6) is 0 Å². The Morgan fingerprint density at radius 2 is 0.679 bits per heavy atom. The third-order valence-electron chi connectivity index (χ3n) is 6.71. The molecule has 0 nitrogen and oxygen atoms in total. The summed E-state index contributed by atoms with van der Waals surface area (Å²) in [6, 6.07) is 4.71. The maximum absolute atomic E-state index is 3.62. The van der Waals surface area contributed by atoms with Gasteiger partial charge in [-0.1, -0.05) is 149 Å². The molecule has 0 aromatic rings. The fourth-order valence-corrected chi connectivity index (χ4v) is 39.7. The first-order valence-electron chi connectivity index (χ1n) is 11.7. The normalized spacial score (nSPS) is 13.5. The lowest BCUT2D eigenvalue weighted by Gasteiger charge is -2.51. The summed E-state index contributed by atoms with van der Waals surface area (Å²) in [6.07, 6.45) is 12.8. The van der Waals surface area contributed by atoms with Gasteiger partial charge in [-0.25, -0.2) is 0 Å². The molecule has 0 aromatic heterocycles.